The van der Waals surface area contributed by atoms with Crippen LogP contribution in [0, 0.1) is 5.82 Å². The number of benzene rings is 3. The van der Waals surface area contributed by atoms with Gasteiger partial charge in [0, 0.05) is 47.3 Å². The number of aromatic amines is 1. The standard InChI is InChI=1S/C29H29ClFN3O2/c1-2-15-34(29(36)22-6-5-7-24(30)17-22)20-28(35)33(19-21-10-12-25(31)13-11-21)16-14-23-18-32-27-9-4-3-8-26(23)27/h3-13,17-18,32H,2,14-16,19-20H2,1H3. The number of fused-ring (bicyclic) bond motifs is 1. The third-order valence-electron chi connectivity index (χ3n) is 6.14. The molecule has 186 valence electrons. The van der Waals surface area contributed by atoms with Crippen molar-refractivity contribution in [3.05, 3.63) is 107 Å². The van der Waals surface area contributed by atoms with Gasteiger partial charge in [-0.25, -0.2) is 4.39 Å². The maximum absolute atomic E-state index is 13.5. The van der Waals surface area contributed by atoms with Crippen molar-refractivity contribution in [2.24, 2.45) is 0 Å². The van der Waals surface area contributed by atoms with E-state index < -0.39 is 0 Å². The van der Waals surface area contributed by atoms with E-state index in [2.05, 4.69) is 11.1 Å². The van der Waals surface area contributed by atoms with Gasteiger partial charge in [-0.3, -0.25) is 9.59 Å². The van der Waals surface area contributed by atoms with Crippen molar-refractivity contribution in [3.8, 4) is 0 Å². The van der Waals surface area contributed by atoms with E-state index >= 15 is 0 Å². The van der Waals surface area contributed by atoms with Gasteiger partial charge in [-0.1, -0.05) is 54.9 Å². The highest BCUT2D eigenvalue weighted by atomic mass is 35.5. The molecule has 0 aliphatic rings. The fraction of sp³-hybridized carbons (Fsp3) is 0.241. The second-order valence-corrected chi connectivity index (χ2v) is 9.22. The molecule has 0 saturated heterocycles. The Morgan fingerprint density at radius 1 is 0.944 bits per heavy atom. The Balaban J connectivity index is 1.53. The molecule has 4 aromatic rings. The minimum Gasteiger partial charge on any atom is -0.361 e. The molecule has 0 aliphatic heterocycles. The maximum atomic E-state index is 13.5. The predicted octanol–water partition coefficient (Wildman–Crippen LogP) is 6.08. The van der Waals surface area contributed by atoms with Crippen molar-refractivity contribution >= 4 is 34.3 Å². The second kappa shape index (κ2) is 11.9. The lowest BCUT2D eigenvalue weighted by Crippen LogP contribution is -2.43. The number of carbonyl (C=O) groups excluding carboxylic acids is 2. The van der Waals surface area contributed by atoms with Gasteiger partial charge in [0.2, 0.25) is 5.91 Å². The molecule has 7 heteroatoms. The second-order valence-electron chi connectivity index (χ2n) is 8.79. The first-order valence-corrected chi connectivity index (χ1v) is 12.4. The van der Waals surface area contributed by atoms with E-state index in [-0.39, 0.29) is 24.2 Å². The van der Waals surface area contributed by atoms with Crippen molar-refractivity contribution in [2.45, 2.75) is 26.3 Å². The number of hydrogen-bond donors (Lipinski definition) is 1. The highest BCUT2D eigenvalue weighted by Gasteiger charge is 2.22. The Hall–Kier alpha value is -3.64. The number of halogens is 2. The van der Waals surface area contributed by atoms with Crippen LogP contribution in [-0.4, -0.2) is 46.2 Å². The smallest absolute Gasteiger partial charge is 0.254 e. The normalized spacial score (nSPS) is 11.0. The van der Waals surface area contributed by atoms with Crippen LogP contribution >= 0.6 is 11.6 Å². The van der Waals surface area contributed by atoms with E-state index in [1.807, 2.05) is 31.3 Å². The van der Waals surface area contributed by atoms with Crippen molar-refractivity contribution < 1.29 is 14.0 Å². The van der Waals surface area contributed by atoms with E-state index in [9.17, 15) is 14.0 Å². The molecular formula is C29H29ClFN3O2. The first-order chi connectivity index (χ1) is 17.4. The topological polar surface area (TPSA) is 56.4 Å². The Morgan fingerprint density at radius 3 is 2.47 bits per heavy atom. The van der Waals surface area contributed by atoms with E-state index in [1.165, 1.54) is 12.1 Å². The molecule has 1 aromatic heterocycles. The minimum absolute atomic E-state index is 0.0474. The summed E-state index contributed by atoms with van der Waals surface area (Å²) in [5.41, 5.74) is 3.44. The molecule has 0 fully saturated rings. The third kappa shape index (κ3) is 6.32. The van der Waals surface area contributed by atoms with Crippen LogP contribution in [0.2, 0.25) is 5.02 Å². The van der Waals surface area contributed by atoms with Gasteiger partial charge in [-0.15, -0.1) is 0 Å². The molecule has 36 heavy (non-hydrogen) atoms. The summed E-state index contributed by atoms with van der Waals surface area (Å²) < 4.78 is 13.5. The van der Waals surface area contributed by atoms with E-state index in [0.29, 0.717) is 43.1 Å². The van der Waals surface area contributed by atoms with E-state index in [4.69, 9.17) is 11.6 Å². The predicted molar refractivity (Wildman–Crippen MR) is 141 cm³/mol. The molecule has 0 unspecified atom stereocenters. The zero-order valence-corrected chi connectivity index (χ0v) is 21.0. The molecule has 5 nitrogen and oxygen atoms in total. The number of para-hydroxylation sites is 1. The van der Waals surface area contributed by atoms with Crippen LogP contribution in [0.1, 0.15) is 34.8 Å². The average molecular weight is 506 g/mol. The number of nitrogens with zero attached hydrogens (tertiary/aromatic N) is 2. The lowest BCUT2D eigenvalue weighted by molar-refractivity contribution is -0.132. The number of aromatic nitrogens is 1. The molecule has 0 atom stereocenters. The van der Waals surface area contributed by atoms with E-state index in [0.717, 1.165) is 22.0 Å². The molecule has 2 amide bonds. The quantitative estimate of drug-likeness (QED) is 0.284. The molecule has 1 N–H and O–H groups in total. The van der Waals surface area contributed by atoms with Crippen LogP contribution in [-0.2, 0) is 17.8 Å². The van der Waals surface area contributed by atoms with Gasteiger partial charge in [-0.2, -0.15) is 0 Å². The Labute approximate surface area is 215 Å². The highest BCUT2D eigenvalue weighted by Crippen LogP contribution is 2.19. The van der Waals surface area contributed by atoms with Gasteiger partial charge in [0.15, 0.2) is 0 Å². The van der Waals surface area contributed by atoms with Crippen LogP contribution in [0.4, 0.5) is 4.39 Å². The zero-order valence-electron chi connectivity index (χ0n) is 20.2. The van der Waals surface area contributed by atoms with Crippen LogP contribution < -0.4 is 0 Å². The van der Waals surface area contributed by atoms with Gasteiger partial charge >= 0.3 is 0 Å². The molecule has 4 rings (SSSR count). The number of carbonyl (C=O) groups is 2. The zero-order chi connectivity index (χ0) is 25.5. The monoisotopic (exact) mass is 505 g/mol. The summed E-state index contributed by atoms with van der Waals surface area (Å²) in [6.07, 6.45) is 3.33. The van der Waals surface area contributed by atoms with Crippen molar-refractivity contribution in [2.75, 3.05) is 19.6 Å². The Morgan fingerprint density at radius 2 is 1.72 bits per heavy atom. The number of hydrogen-bond acceptors (Lipinski definition) is 2. The summed E-state index contributed by atoms with van der Waals surface area (Å²) in [4.78, 5) is 33.3. The average Bonchev–Trinajstić information content (AvgIpc) is 3.30. The molecule has 0 saturated carbocycles. The molecule has 0 aliphatic carbocycles. The maximum Gasteiger partial charge on any atom is 0.254 e. The largest absolute Gasteiger partial charge is 0.361 e. The number of rotatable bonds is 10. The number of amides is 2. The summed E-state index contributed by atoms with van der Waals surface area (Å²) >= 11 is 6.08. The van der Waals surface area contributed by atoms with Gasteiger partial charge in [0.25, 0.3) is 5.91 Å². The van der Waals surface area contributed by atoms with Crippen LogP contribution in [0.25, 0.3) is 10.9 Å². The molecule has 0 bridgehead atoms. The van der Waals surface area contributed by atoms with Gasteiger partial charge in [0.1, 0.15) is 12.4 Å². The fourth-order valence-electron chi connectivity index (χ4n) is 4.29. The van der Waals surface area contributed by atoms with Crippen LogP contribution in [0.5, 0.6) is 0 Å². The number of nitrogens with one attached hydrogen (secondary N) is 1. The summed E-state index contributed by atoms with van der Waals surface area (Å²) in [6, 6.07) is 20.9. The lowest BCUT2D eigenvalue weighted by Gasteiger charge is -2.28. The molecule has 1 heterocycles. The summed E-state index contributed by atoms with van der Waals surface area (Å²) in [6.45, 7) is 3.16. The first-order valence-electron chi connectivity index (χ1n) is 12.1. The van der Waals surface area contributed by atoms with Crippen LogP contribution in [0.15, 0.2) is 79.0 Å². The highest BCUT2D eigenvalue weighted by molar-refractivity contribution is 6.31. The Bertz CT molecular complexity index is 1340. The lowest BCUT2D eigenvalue weighted by atomic mass is 10.1. The summed E-state index contributed by atoms with van der Waals surface area (Å²) in [7, 11) is 0. The first kappa shape index (κ1) is 25.5. The summed E-state index contributed by atoms with van der Waals surface area (Å²) in [5.74, 6) is -0.717. The van der Waals surface area contributed by atoms with Crippen molar-refractivity contribution in [3.63, 3.8) is 0 Å². The number of H-pyrrole nitrogens is 1. The minimum atomic E-state index is -0.323. The Kier molecular flexibility index (Phi) is 8.39. The molecule has 0 radical (unpaired) electrons. The van der Waals surface area contributed by atoms with Crippen LogP contribution in [0.3, 0.4) is 0 Å². The SMILES string of the molecule is CCCN(CC(=O)N(CCc1c[nH]c2ccccc12)Cc1ccc(F)cc1)C(=O)c1cccc(Cl)c1. The van der Waals surface area contributed by atoms with E-state index in [1.54, 1.807) is 46.2 Å². The molecule has 3 aromatic carbocycles. The summed E-state index contributed by atoms with van der Waals surface area (Å²) in [5, 5.41) is 1.59. The van der Waals surface area contributed by atoms with Crippen molar-refractivity contribution in [1.29, 1.82) is 0 Å². The van der Waals surface area contributed by atoms with Gasteiger partial charge < -0.3 is 14.8 Å². The molecule has 0 spiro atoms. The fourth-order valence-corrected chi connectivity index (χ4v) is 4.48. The molecular weight excluding hydrogens is 477 g/mol. The third-order valence-corrected chi connectivity index (χ3v) is 6.38. The van der Waals surface area contributed by atoms with Crippen molar-refractivity contribution in [1.82, 2.24) is 14.8 Å². The van der Waals surface area contributed by atoms with Gasteiger partial charge in [0.05, 0.1) is 0 Å². The van der Waals surface area contributed by atoms with Gasteiger partial charge in [-0.05, 0) is 60.4 Å².